The van der Waals surface area contributed by atoms with Gasteiger partial charge in [-0.15, -0.1) is 11.6 Å². The summed E-state index contributed by atoms with van der Waals surface area (Å²) in [7, 11) is 0. The lowest BCUT2D eigenvalue weighted by molar-refractivity contribution is 0.626. The van der Waals surface area contributed by atoms with Gasteiger partial charge >= 0.3 is 0 Å². The van der Waals surface area contributed by atoms with Crippen LogP contribution in [0.3, 0.4) is 0 Å². The molecular formula is C13H12ClFN2. The van der Waals surface area contributed by atoms with Crippen LogP contribution in [0.4, 0.5) is 15.9 Å². The number of benzene rings is 1. The van der Waals surface area contributed by atoms with Crippen LogP contribution in [0, 0.1) is 5.82 Å². The van der Waals surface area contributed by atoms with Crippen LogP contribution in [0.2, 0.25) is 0 Å². The number of anilines is 2. The molecule has 0 unspecified atom stereocenters. The molecule has 0 atom stereocenters. The third-order valence-electron chi connectivity index (χ3n) is 2.36. The zero-order valence-electron chi connectivity index (χ0n) is 9.16. The highest BCUT2D eigenvalue weighted by atomic mass is 35.5. The summed E-state index contributed by atoms with van der Waals surface area (Å²) < 4.78 is 13.3. The molecule has 0 fully saturated rings. The number of hydrogen-bond acceptors (Lipinski definition) is 2. The Kier molecular flexibility index (Phi) is 3.94. The fourth-order valence-electron chi connectivity index (χ4n) is 1.48. The van der Waals surface area contributed by atoms with Gasteiger partial charge in [0.05, 0.1) is 0 Å². The Balaban J connectivity index is 2.11. The normalized spacial score (nSPS) is 10.2. The van der Waals surface area contributed by atoms with Crippen molar-refractivity contribution in [3.8, 4) is 0 Å². The summed E-state index contributed by atoms with van der Waals surface area (Å²) in [5.74, 6) is 0.469. The largest absolute Gasteiger partial charge is 0.338 e. The quantitative estimate of drug-likeness (QED) is 0.836. The van der Waals surface area contributed by atoms with Gasteiger partial charge in [-0.3, -0.25) is 0 Å². The van der Waals surface area contributed by atoms with Crippen molar-refractivity contribution in [1.82, 2.24) is 4.98 Å². The van der Waals surface area contributed by atoms with Crippen LogP contribution >= 0.6 is 11.6 Å². The van der Waals surface area contributed by atoms with Gasteiger partial charge in [0.1, 0.15) is 0 Å². The number of nitrogens with one attached hydrogen (secondary N) is 1. The molecule has 0 amide bonds. The van der Waals surface area contributed by atoms with Crippen molar-refractivity contribution in [3.05, 3.63) is 54.0 Å². The number of halogens is 2. The highest BCUT2D eigenvalue weighted by Crippen LogP contribution is 2.17. The third kappa shape index (κ3) is 3.17. The SMILES string of the molecule is Fc1cccnc1Nc1ccc(CCCl)cc1. The second-order valence-electron chi connectivity index (χ2n) is 3.59. The molecule has 1 aromatic carbocycles. The Bertz CT molecular complexity index is 485. The number of rotatable bonds is 4. The molecule has 0 spiro atoms. The van der Waals surface area contributed by atoms with Gasteiger partial charge in [0.2, 0.25) is 0 Å². The smallest absolute Gasteiger partial charge is 0.166 e. The van der Waals surface area contributed by atoms with Gasteiger partial charge in [-0.05, 0) is 36.2 Å². The molecule has 2 nitrogen and oxygen atoms in total. The second-order valence-corrected chi connectivity index (χ2v) is 3.97. The molecule has 4 heteroatoms. The minimum Gasteiger partial charge on any atom is -0.338 e. The summed E-state index contributed by atoms with van der Waals surface area (Å²) in [6.07, 6.45) is 2.38. The van der Waals surface area contributed by atoms with Crippen molar-refractivity contribution >= 4 is 23.1 Å². The van der Waals surface area contributed by atoms with E-state index in [4.69, 9.17) is 11.6 Å². The zero-order valence-corrected chi connectivity index (χ0v) is 9.91. The Morgan fingerprint density at radius 2 is 1.94 bits per heavy atom. The van der Waals surface area contributed by atoms with Crippen LogP contribution in [0.15, 0.2) is 42.6 Å². The highest BCUT2D eigenvalue weighted by Gasteiger charge is 2.02. The van der Waals surface area contributed by atoms with Gasteiger partial charge in [0, 0.05) is 17.8 Å². The lowest BCUT2D eigenvalue weighted by atomic mass is 10.1. The fraction of sp³-hybridized carbons (Fsp3) is 0.154. The fourth-order valence-corrected chi connectivity index (χ4v) is 1.70. The molecule has 1 N–H and O–H groups in total. The molecule has 2 rings (SSSR count). The van der Waals surface area contributed by atoms with Crippen molar-refractivity contribution in [3.63, 3.8) is 0 Å². The zero-order chi connectivity index (χ0) is 12.1. The highest BCUT2D eigenvalue weighted by molar-refractivity contribution is 6.17. The van der Waals surface area contributed by atoms with E-state index in [2.05, 4.69) is 10.3 Å². The molecule has 0 saturated heterocycles. The van der Waals surface area contributed by atoms with Crippen molar-refractivity contribution < 1.29 is 4.39 Å². The molecule has 0 bridgehead atoms. The van der Waals surface area contributed by atoms with E-state index >= 15 is 0 Å². The summed E-state index contributed by atoms with van der Waals surface area (Å²) in [5.41, 5.74) is 1.97. The average Bonchev–Trinajstić information content (AvgIpc) is 2.35. The summed E-state index contributed by atoms with van der Waals surface area (Å²) >= 11 is 5.65. The number of alkyl halides is 1. The molecule has 88 valence electrons. The summed E-state index contributed by atoms with van der Waals surface area (Å²) in [4.78, 5) is 3.93. The molecular weight excluding hydrogens is 239 g/mol. The van der Waals surface area contributed by atoms with Crippen LogP contribution in [0.25, 0.3) is 0 Å². The van der Waals surface area contributed by atoms with Crippen LogP contribution in [0.5, 0.6) is 0 Å². The Labute approximate surface area is 104 Å². The van der Waals surface area contributed by atoms with E-state index in [1.165, 1.54) is 6.07 Å². The molecule has 0 aliphatic rings. The lowest BCUT2D eigenvalue weighted by Gasteiger charge is -2.06. The van der Waals surface area contributed by atoms with Crippen LogP contribution in [-0.2, 0) is 6.42 Å². The van der Waals surface area contributed by atoms with Crippen molar-refractivity contribution in [1.29, 1.82) is 0 Å². The van der Waals surface area contributed by atoms with E-state index in [0.717, 1.165) is 17.7 Å². The van der Waals surface area contributed by atoms with Crippen LogP contribution < -0.4 is 5.32 Å². The Morgan fingerprint density at radius 3 is 2.59 bits per heavy atom. The Hall–Kier alpha value is -1.61. The van der Waals surface area contributed by atoms with Crippen LogP contribution in [-0.4, -0.2) is 10.9 Å². The van der Waals surface area contributed by atoms with Gasteiger partial charge in [0.15, 0.2) is 11.6 Å². The van der Waals surface area contributed by atoms with Crippen molar-refractivity contribution in [2.75, 3.05) is 11.2 Å². The van der Waals surface area contributed by atoms with Gasteiger partial charge < -0.3 is 5.32 Å². The molecule has 1 heterocycles. The second kappa shape index (κ2) is 5.64. The van der Waals surface area contributed by atoms with Crippen molar-refractivity contribution in [2.24, 2.45) is 0 Å². The minimum absolute atomic E-state index is 0.234. The van der Waals surface area contributed by atoms with Gasteiger partial charge in [-0.2, -0.15) is 0 Å². The molecule has 0 aliphatic carbocycles. The third-order valence-corrected chi connectivity index (χ3v) is 2.55. The maximum absolute atomic E-state index is 13.3. The molecule has 1 aromatic heterocycles. The molecule has 0 aliphatic heterocycles. The van der Waals surface area contributed by atoms with Gasteiger partial charge in [0.25, 0.3) is 0 Å². The Morgan fingerprint density at radius 1 is 1.18 bits per heavy atom. The van der Waals surface area contributed by atoms with E-state index in [9.17, 15) is 4.39 Å². The van der Waals surface area contributed by atoms with E-state index < -0.39 is 0 Å². The van der Waals surface area contributed by atoms with E-state index in [1.54, 1.807) is 12.3 Å². The standard InChI is InChI=1S/C13H12ClFN2/c14-8-7-10-3-5-11(6-4-10)17-13-12(15)2-1-9-16-13/h1-6,9H,7-8H2,(H,16,17). The van der Waals surface area contributed by atoms with Gasteiger partial charge in [-0.25, -0.2) is 9.37 Å². The summed E-state index contributed by atoms with van der Waals surface area (Å²) in [6, 6.07) is 10.6. The van der Waals surface area contributed by atoms with Crippen LogP contribution in [0.1, 0.15) is 5.56 Å². The monoisotopic (exact) mass is 250 g/mol. The molecule has 2 aromatic rings. The number of aromatic nitrogens is 1. The van der Waals surface area contributed by atoms with E-state index in [1.807, 2.05) is 24.3 Å². The first-order valence-electron chi connectivity index (χ1n) is 5.32. The lowest BCUT2D eigenvalue weighted by Crippen LogP contribution is -1.96. The molecule has 0 radical (unpaired) electrons. The summed E-state index contributed by atoms with van der Waals surface area (Å²) in [6.45, 7) is 0. The number of aryl methyl sites for hydroxylation is 1. The topological polar surface area (TPSA) is 24.9 Å². The predicted octanol–water partition coefficient (Wildman–Crippen LogP) is 3.75. The predicted molar refractivity (Wildman–Crippen MR) is 68.3 cm³/mol. The molecule has 0 saturated carbocycles. The number of hydrogen-bond donors (Lipinski definition) is 1. The number of pyridine rings is 1. The van der Waals surface area contributed by atoms with E-state index in [0.29, 0.717) is 5.88 Å². The van der Waals surface area contributed by atoms with Gasteiger partial charge in [-0.1, -0.05) is 12.1 Å². The maximum Gasteiger partial charge on any atom is 0.166 e. The molecule has 17 heavy (non-hydrogen) atoms. The van der Waals surface area contributed by atoms with Crippen molar-refractivity contribution in [2.45, 2.75) is 6.42 Å². The first-order valence-corrected chi connectivity index (χ1v) is 5.85. The summed E-state index contributed by atoms with van der Waals surface area (Å²) in [5, 5.41) is 2.92. The first-order chi connectivity index (χ1) is 8.29. The average molecular weight is 251 g/mol. The maximum atomic E-state index is 13.3. The van der Waals surface area contributed by atoms with E-state index in [-0.39, 0.29) is 11.6 Å². The first kappa shape index (κ1) is 11.9. The minimum atomic E-state index is -0.364. The number of nitrogens with zero attached hydrogens (tertiary/aromatic N) is 1.